The van der Waals surface area contributed by atoms with Crippen molar-refractivity contribution in [3.8, 4) is 0 Å². The summed E-state index contributed by atoms with van der Waals surface area (Å²) in [5.41, 5.74) is 0. The molecule has 0 aliphatic rings. The highest BCUT2D eigenvalue weighted by Crippen LogP contribution is 1.59. The van der Waals surface area contributed by atoms with Gasteiger partial charge in [-0.25, -0.2) is 0 Å². The van der Waals surface area contributed by atoms with E-state index in [0.717, 1.165) is 0 Å². The van der Waals surface area contributed by atoms with Crippen molar-refractivity contribution in [2.45, 2.75) is 0 Å². The second kappa shape index (κ2) is 8.63. The van der Waals surface area contributed by atoms with Crippen LogP contribution in [0.3, 0.4) is 0 Å². The lowest BCUT2D eigenvalue weighted by atomic mass is 15.8. The van der Waals surface area contributed by atoms with Crippen molar-refractivity contribution in [3.63, 3.8) is 0 Å². The van der Waals surface area contributed by atoms with Crippen LogP contribution in [0.25, 0.3) is 0 Å². The molecule has 0 saturated heterocycles. The van der Waals surface area contributed by atoms with E-state index < -0.39 is 20.8 Å². The van der Waals surface area contributed by atoms with E-state index in [1.165, 1.54) is 0 Å². The molecule has 0 aliphatic heterocycles. The average molecular weight is 252 g/mol. The molecule has 0 aliphatic carbocycles. The minimum atomic E-state index is -4.67. The molecular formula is H9AlMgO8S2. The van der Waals surface area contributed by atoms with Gasteiger partial charge in [-0.2, -0.15) is 16.8 Å². The second-order valence-corrected chi connectivity index (χ2v) is 2.69. The van der Waals surface area contributed by atoms with E-state index in [1.807, 2.05) is 0 Å². The van der Waals surface area contributed by atoms with Gasteiger partial charge in [-0.05, 0) is 0 Å². The molecule has 0 fully saturated rings. The molecule has 0 atom stereocenters. The first-order chi connectivity index (χ1) is 4.00. The topological polar surface area (TPSA) is 149 Å². The van der Waals surface area contributed by atoms with Crippen LogP contribution in [0.15, 0.2) is 0 Å². The zero-order chi connectivity index (χ0) is 9.00. The molecule has 0 heterocycles. The molecule has 0 amide bonds. The van der Waals surface area contributed by atoms with Gasteiger partial charge in [0, 0.05) is 0 Å². The van der Waals surface area contributed by atoms with Crippen LogP contribution in [0.1, 0.15) is 0 Å². The third-order valence-corrected chi connectivity index (χ3v) is 0. The van der Waals surface area contributed by atoms with Gasteiger partial charge < -0.3 is 0 Å². The normalized spacial score (nSPS) is 9.67. The monoisotopic (exact) mass is 252 g/mol. The van der Waals surface area contributed by atoms with E-state index in [9.17, 15) is 0 Å². The first kappa shape index (κ1) is 23.1. The summed E-state index contributed by atoms with van der Waals surface area (Å²) in [6.45, 7) is 0. The van der Waals surface area contributed by atoms with Crippen LogP contribution < -0.4 is 0 Å². The highest BCUT2D eigenvalue weighted by Gasteiger charge is 1.85. The van der Waals surface area contributed by atoms with Crippen molar-refractivity contribution in [2.24, 2.45) is 0 Å². The molecule has 0 radical (unpaired) electrons. The molecule has 8 nitrogen and oxygen atoms in total. The summed E-state index contributed by atoms with van der Waals surface area (Å²) in [7, 11) is -9.33. The van der Waals surface area contributed by atoms with E-state index in [2.05, 4.69) is 0 Å². The molecule has 0 aromatic rings. The third-order valence-electron chi connectivity index (χ3n) is 0. The standard InChI is InChI=1S/Al.Mg.2H2O4S.5H/c;;2*1-5(2,3)4;;;;;/h;;2*(H2,1,2,3,4);;;;;. The molecule has 0 aromatic heterocycles. The summed E-state index contributed by atoms with van der Waals surface area (Å²) in [6, 6.07) is 0. The van der Waals surface area contributed by atoms with Crippen molar-refractivity contribution in [1.82, 2.24) is 0 Å². The van der Waals surface area contributed by atoms with Crippen LogP contribution in [0, 0.1) is 0 Å². The molecular weight excluding hydrogens is 243 g/mol. The summed E-state index contributed by atoms with van der Waals surface area (Å²) in [6.07, 6.45) is 0. The van der Waals surface area contributed by atoms with Crippen LogP contribution in [0.2, 0.25) is 0 Å². The van der Waals surface area contributed by atoms with E-state index in [-0.39, 0.29) is 40.4 Å². The van der Waals surface area contributed by atoms with Crippen molar-refractivity contribution in [3.05, 3.63) is 0 Å². The highest BCUT2D eigenvalue weighted by molar-refractivity contribution is 7.80. The van der Waals surface area contributed by atoms with Crippen molar-refractivity contribution in [1.29, 1.82) is 0 Å². The molecule has 12 heteroatoms. The Bertz CT molecular complexity index is 213. The smallest absolute Gasteiger partial charge is 0.264 e. The highest BCUT2D eigenvalue weighted by atomic mass is 32.3. The van der Waals surface area contributed by atoms with Crippen LogP contribution >= 0.6 is 0 Å². The zero-order valence-corrected chi connectivity index (χ0v) is 5.87. The molecule has 0 unspecified atom stereocenters. The maximum atomic E-state index is 8.74. The fourth-order valence-corrected chi connectivity index (χ4v) is 0. The summed E-state index contributed by atoms with van der Waals surface area (Å²) in [5.74, 6) is 0. The lowest BCUT2D eigenvalue weighted by molar-refractivity contribution is 0.378. The second-order valence-electron chi connectivity index (χ2n) is 0.896. The summed E-state index contributed by atoms with van der Waals surface area (Å²) >= 11 is 0. The molecule has 0 rings (SSSR count). The van der Waals surface area contributed by atoms with Gasteiger partial charge in [0.15, 0.2) is 17.4 Å². The van der Waals surface area contributed by atoms with Crippen molar-refractivity contribution in [2.75, 3.05) is 0 Å². The lowest BCUT2D eigenvalue weighted by Gasteiger charge is -1.68. The van der Waals surface area contributed by atoms with E-state index in [0.29, 0.717) is 0 Å². The molecule has 0 saturated carbocycles. The largest absolute Gasteiger partial charge is 0.394 e. The van der Waals surface area contributed by atoms with E-state index >= 15 is 0 Å². The Morgan fingerprint density at radius 3 is 0.667 bits per heavy atom. The molecule has 0 bridgehead atoms. The predicted molar refractivity (Wildman–Crippen MR) is 46.8 cm³/mol. The minimum absolute atomic E-state index is 0. The van der Waals surface area contributed by atoms with Gasteiger partial charge in [0.2, 0.25) is 0 Å². The fourth-order valence-electron chi connectivity index (χ4n) is 0. The number of hydrogen-bond acceptors (Lipinski definition) is 4. The van der Waals surface area contributed by atoms with Crippen LogP contribution in [-0.4, -0.2) is 75.5 Å². The quantitative estimate of drug-likeness (QED) is 0.257. The van der Waals surface area contributed by atoms with Gasteiger partial charge in [-0.1, -0.05) is 0 Å². The van der Waals surface area contributed by atoms with Crippen LogP contribution in [0.5, 0.6) is 0 Å². The molecule has 4 N–H and O–H groups in total. The summed E-state index contributed by atoms with van der Waals surface area (Å²) in [4.78, 5) is 0. The Labute approximate surface area is 95.8 Å². The van der Waals surface area contributed by atoms with Crippen LogP contribution in [0.4, 0.5) is 0 Å². The Hall–Kier alpha value is 1.04. The lowest BCUT2D eigenvalue weighted by Crippen LogP contribution is -1.89. The van der Waals surface area contributed by atoms with Crippen molar-refractivity contribution >= 4 is 61.2 Å². The van der Waals surface area contributed by atoms with Gasteiger partial charge in [-0.15, -0.1) is 0 Å². The Morgan fingerprint density at radius 2 is 0.667 bits per heavy atom. The first-order valence-corrected chi connectivity index (χ1v) is 4.19. The number of rotatable bonds is 0. The maximum absolute atomic E-state index is 8.74. The van der Waals surface area contributed by atoms with E-state index in [4.69, 9.17) is 35.0 Å². The first-order valence-electron chi connectivity index (χ1n) is 1.40. The molecule has 12 heavy (non-hydrogen) atoms. The predicted octanol–water partition coefficient (Wildman–Crippen LogP) is -3.41. The Morgan fingerprint density at radius 1 is 0.667 bits per heavy atom. The van der Waals surface area contributed by atoms with Gasteiger partial charge in [0.1, 0.15) is 0 Å². The zero-order valence-electron chi connectivity index (χ0n) is 4.24. The van der Waals surface area contributed by atoms with Gasteiger partial charge >= 0.3 is 43.9 Å². The Kier molecular flexibility index (Phi) is 16.6. The number of hydrogen-bond donors (Lipinski definition) is 4. The maximum Gasteiger partial charge on any atom is 0.394 e. The molecule has 0 spiro atoms. The molecule has 74 valence electrons. The third kappa shape index (κ3) is 1030. The van der Waals surface area contributed by atoms with Gasteiger partial charge in [0.25, 0.3) is 0 Å². The summed E-state index contributed by atoms with van der Waals surface area (Å²) in [5, 5.41) is 0. The van der Waals surface area contributed by atoms with E-state index in [1.54, 1.807) is 0 Å². The van der Waals surface area contributed by atoms with Crippen LogP contribution in [-0.2, 0) is 20.8 Å². The average Bonchev–Trinajstić information content (AvgIpc) is 1.12. The minimum Gasteiger partial charge on any atom is -0.264 e. The van der Waals surface area contributed by atoms with Gasteiger partial charge in [0.05, 0.1) is 0 Å². The SMILES string of the molecule is O=S(=O)(O)O.O=S(=O)(O)O.[AlH3].[MgH2]. The Balaban J connectivity index is -0.0000000457. The molecule has 0 aromatic carbocycles. The summed E-state index contributed by atoms with van der Waals surface area (Å²) < 4.78 is 63.2. The van der Waals surface area contributed by atoms with Crippen molar-refractivity contribution < 1.29 is 35.0 Å². The van der Waals surface area contributed by atoms with Gasteiger partial charge in [-0.3, -0.25) is 18.2 Å². The fraction of sp³-hybridized carbons (Fsp3) is 0.